The third-order valence-electron chi connectivity index (χ3n) is 2.39. The van der Waals surface area contributed by atoms with E-state index in [2.05, 4.69) is 52.3 Å². The summed E-state index contributed by atoms with van der Waals surface area (Å²) in [6, 6.07) is 9.32. The Hall–Kier alpha value is -0.690. The van der Waals surface area contributed by atoms with Gasteiger partial charge in [0.2, 0.25) is 0 Å². The van der Waals surface area contributed by atoms with Crippen LogP contribution >= 0.6 is 0 Å². The van der Waals surface area contributed by atoms with Gasteiger partial charge in [-0.3, -0.25) is 0 Å². The lowest BCUT2D eigenvalue weighted by Gasteiger charge is -2.36. The van der Waals surface area contributed by atoms with Crippen molar-refractivity contribution in [1.29, 1.82) is 0 Å². The van der Waals surface area contributed by atoms with Gasteiger partial charge >= 0.3 is 0 Å². The van der Waals surface area contributed by atoms with Gasteiger partial charge in [0.05, 0.1) is 27.2 Å². The highest BCUT2D eigenvalue weighted by molar-refractivity contribution is 5.18. The molecule has 0 amide bonds. The summed E-state index contributed by atoms with van der Waals surface area (Å²) in [5, 5.41) is 0. The molecule has 0 spiro atoms. The number of nitrogens with zero attached hydrogens (tertiary/aromatic N) is 1. The molecule has 0 aliphatic rings. The summed E-state index contributed by atoms with van der Waals surface area (Å²) in [4.78, 5) is 0. The molecule has 1 heteroatoms. The zero-order valence-corrected chi connectivity index (χ0v) is 8.54. The molecule has 68 valence electrons. The Labute approximate surface area is 75.6 Å². The molecular formula is C11H19N. The van der Waals surface area contributed by atoms with Crippen LogP contribution in [0.1, 0.15) is 24.9 Å². The second-order valence-corrected chi connectivity index (χ2v) is 4.26. The Kier molecular flexibility index (Phi) is 2.63. The van der Waals surface area contributed by atoms with E-state index >= 15 is 0 Å². The average molecular weight is 165 g/mol. The van der Waals surface area contributed by atoms with Gasteiger partial charge in [0.15, 0.2) is 0 Å². The smallest absolute Gasteiger partial charge is 0.0673 e. The third kappa shape index (κ3) is 1.92. The zero-order chi connectivity index (χ0) is 9.19. The van der Waals surface area contributed by atoms with E-state index in [1.54, 1.807) is 0 Å². The van der Waals surface area contributed by atoms with E-state index < -0.39 is 0 Å². The van der Waals surface area contributed by atoms with Gasteiger partial charge in [-0.05, 0) is 6.42 Å². The Morgan fingerprint density at radius 3 is 2.42 bits per heavy atom. The van der Waals surface area contributed by atoms with E-state index in [0.29, 0.717) is 6.04 Å². The van der Waals surface area contributed by atoms with Crippen LogP contribution in [-0.4, -0.2) is 25.6 Å². The van der Waals surface area contributed by atoms with Gasteiger partial charge in [-0.25, -0.2) is 6.07 Å². The molecule has 1 aromatic rings. The van der Waals surface area contributed by atoms with Gasteiger partial charge in [-0.1, -0.05) is 6.92 Å². The lowest BCUT2D eigenvalue weighted by molar-refractivity contribution is -0.902. The molecule has 1 aromatic carbocycles. The Morgan fingerprint density at radius 1 is 1.42 bits per heavy atom. The summed E-state index contributed by atoms with van der Waals surface area (Å²) in [5.41, 5.74) is 1.46. The van der Waals surface area contributed by atoms with Crippen molar-refractivity contribution in [1.82, 2.24) is 0 Å². The fourth-order valence-electron chi connectivity index (χ4n) is 1.84. The number of hydrogen-bond acceptors (Lipinski definition) is 0. The van der Waals surface area contributed by atoms with Crippen LogP contribution in [0.3, 0.4) is 0 Å². The predicted molar refractivity (Wildman–Crippen MR) is 53.1 cm³/mol. The number of rotatable bonds is 3. The fraction of sp³-hybridized carbons (Fsp3) is 0.545. The van der Waals surface area contributed by atoms with Crippen LogP contribution in [0.25, 0.3) is 0 Å². The van der Waals surface area contributed by atoms with Gasteiger partial charge in [-0.15, -0.1) is 5.56 Å². The molecule has 1 rings (SSSR count). The van der Waals surface area contributed by atoms with Gasteiger partial charge in [-0.2, -0.15) is 18.2 Å². The van der Waals surface area contributed by atoms with E-state index in [9.17, 15) is 0 Å². The molecule has 0 saturated heterocycles. The fourth-order valence-corrected chi connectivity index (χ4v) is 1.84. The Balaban J connectivity index is 2.84. The molecule has 1 unspecified atom stereocenters. The first-order valence-corrected chi connectivity index (χ1v) is 4.58. The quantitative estimate of drug-likeness (QED) is 0.477. The molecule has 0 aromatic heterocycles. The van der Waals surface area contributed by atoms with E-state index in [-0.39, 0.29) is 0 Å². The molecule has 12 heavy (non-hydrogen) atoms. The lowest BCUT2D eigenvalue weighted by atomic mass is 10.1. The Bertz CT molecular complexity index is 216. The van der Waals surface area contributed by atoms with Gasteiger partial charge in [0.1, 0.15) is 0 Å². The van der Waals surface area contributed by atoms with Crippen molar-refractivity contribution in [3.8, 4) is 0 Å². The SMILES string of the molecule is CCC(c1cc[cH-]c1)[N+](C)(C)C. The Morgan fingerprint density at radius 2 is 2.08 bits per heavy atom. The monoisotopic (exact) mass is 165 g/mol. The lowest BCUT2D eigenvalue weighted by Crippen LogP contribution is -2.38. The van der Waals surface area contributed by atoms with Crippen LogP contribution in [-0.2, 0) is 0 Å². The van der Waals surface area contributed by atoms with E-state index in [1.165, 1.54) is 12.0 Å². The van der Waals surface area contributed by atoms with Crippen molar-refractivity contribution in [3.63, 3.8) is 0 Å². The molecule has 0 aliphatic heterocycles. The molecule has 0 radical (unpaired) electrons. The normalized spacial score (nSPS) is 14.7. The second-order valence-electron chi connectivity index (χ2n) is 4.26. The first kappa shape index (κ1) is 9.40. The zero-order valence-electron chi connectivity index (χ0n) is 8.54. The van der Waals surface area contributed by atoms with Crippen LogP contribution in [0.2, 0.25) is 0 Å². The van der Waals surface area contributed by atoms with Gasteiger partial charge in [0.25, 0.3) is 0 Å². The minimum absolute atomic E-state index is 0.639. The van der Waals surface area contributed by atoms with E-state index in [0.717, 1.165) is 4.48 Å². The van der Waals surface area contributed by atoms with Crippen LogP contribution in [0.4, 0.5) is 0 Å². The van der Waals surface area contributed by atoms with Crippen LogP contribution in [0.5, 0.6) is 0 Å². The maximum atomic E-state index is 2.25. The summed E-state index contributed by atoms with van der Waals surface area (Å²) in [5.74, 6) is 0. The molecular weight excluding hydrogens is 146 g/mol. The summed E-state index contributed by atoms with van der Waals surface area (Å²) in [6.45, 7) is 2.25. The van der Waals surface area contributed by atoms with E-state index in [4.69, 9.17) is 0 Å². The van der Waals surface area contributed by atoms with Gasteiger partial charge in [0, 0.05) is 0 Å². The maximum Gasteiger partial charge on any atom is 0.0673 e. The third-order valence-corrected chi connectivity index (χ3v) is 2.39. The summed E-state index contributed by atoms with van der Waals surface area (Å²) in [6.07, 6.45) is 1.20. The summed E-state index contributed by atoms with van der Waals surface area (Å²) < 4.78 is 1.01. The second kappa shape index (κ2) is 3.36. The highest BCUT2D eigenvalue weighted by atomic mass is 15.3. The minimum atomic E-state index is 0.639. The highest BCUT2D eigenvalue weighted by Crippen LogP contribution is 2.26. The first-order chi connectivity index (χ1) is 5.55. The van der Waals surface area contributed by atoms with Crippen molar-refractivity contribution < 1.29 is 4.48 Å². The average Bonchev–Trinajstić information content (AvgIpc) is 2.38. The standard InChI is InChI=1S/C11H19N/c1-5-11(12(2,3)4)10-8-6-7-9-10/h6-9,11H,5H2,1-4H3. The van der Waals surface area contributed by atoms with Crippen molar-refractivity contribution in [2.24, 2.45) is 0 Å². The minimum Gasteiger partial charge on any atom is -0.335 e. The molecule has 1 atom stereocenters. The molecule has 0 N–H and O–H groups in total. The molecule has 0 fully saturated rings. The van der Waals surface area contributed by atoms with Crippen LogP contribution < -0.4 is 0 Å². The number of hydrogen-bond donors (Lipinski definition) is 0. The molecule has 1 nitrogen and oxygen atoms in total. The van der Waals surface area contributed by atoms with Gasteiger partial charge < -0.3 is 4.48 Å². The van der Waals surface area contributed by atoms with Crippen molar-refractivity contribution in [2.75, 3.05) is 21.1 Å². The first-order valence-electron chi connectivity index (χ1n) is 4.58. The van der Waals surface area contributed by atoms with Crippen LogP contribution in [0, 0.1) is 0 Å². The van der Waals surface area contributed by atoms with Crippen molar-refractivity contribution in [2.45, 2.75) is 19.4 Å². The topological polar surface area (TPSA) is 0 Å². The van der Waals surface area contributed by atoms with E-state index in [1.807, 2.05) is 0 Å². The molecule has 0 heterocycles. The summed E-state index contributed by atoms with van der Waals surface area (Å²) in [7, 11) is 6.75. The van der Waals surface area contributed by atoms with Crippen molar-refractivity contribution in [3.05, 3.63) is 29.8 Å². The molecule has 0 aliphatic carbocycles. The van der Waals surface area contributed by atoms with Crippen molar-refractivity contribution >= 4 is 0 Å². The van der Waals surface area contributed by atoms with Crippen LogP contribution in [0.15, 0.2) is 24.3 Å². The molecule has 0 bridgehead atoms. The number of quaternary nitrogens is 1. The largest absolute Gasteiger partial charge is 0.335 e. The summed E-state index contributed by atoms with van der Waals surface area (Å²) >= 11 is 0. The maximum absolute atomic E-state index is 2.25. The highest BCUT2D eigenvalue weighted by Gasteiger charge is 2.18. The molecule has 0 saturated carbocycles. The predicted octanol–water partition coefficient (Wildman–Crippen LogP) is 2.56.